The first-order valence-corrected chi connectivity index (χ1v) is 8.16. The Hall–Kier alpha value is -1.49. The molecule has 21 heavy (non-hydrogen) atoms. The van der Waals surface area contributed by atoms with Gasteiger partial charge >= 0.3 is 5.97 Å². The summed E-state index contributed by atoms with van der Waals surface area (Å²) in [6.45, 7) is 4.86. The minimum absolute atomic E-state index is 0.0381. The normalized spacial score (nSPS) is 21.5. The van der Waals surface area contributed by atoms with Crippen molar-refractivity contribution in [3.05, 3.63) is 29.8 Å². The lowest BCUT2D eigenvalue weighted by molar-refractivity contribution is -0.142. The average Bonchev–Trinajstić information content (AvgIpc) is 2.83. The number of carboxylic acid groups (broad SMARTS) is 1. The molecule has 1 saturated heterocycles. The highest BCUT2D eigenvalue weighted by Crippen LogP contribution is 2.25. The van der Waals surface area contributed by atoms with Crippen molar-refractivity contribution >= 4 is 23.6 Å². The molecule has 2 unspecified atom stereocenters. The second kappa shape index (κ2) is 6.98. The van der Waals surface area contributed by atoms with Crippen LogP contribution in [0.15, 0.2) is 29.2 Å². The molecule has 0 bridgehead atoms. The summed E-state index contributed by atoms with van der Waals surface area (Å²) < 4.78 is 0. The van der Waals surface area contributed by atoms with E-state index < -0.39 is 11.9 Å². The fourth-order valence-corrected chi connectivity index (χ4v) is 3.38. The molecule has 0 aliphatic carbocycles. The molecule has 0 radical (unpaired) electrons. The Kier molecular flexibility index (Phi) is 5.28. The molecular formula is C16H21NO3S. The van der Waals surface area contributed by atoms with Gasteiger partial charge in [0.05, 0.1) is 5.92 Å². The fourth-order valence-electron chi connectivity index (χ4n) is 2.54. The lowest BCUT2D eigenvalue weighted by Crippen LogP contribution is -2.30. The fraction of sp³-hybridized carbons (Fsp3) is 0.500. The largest absolute Gasteiger partial charge is 0.481 e. The maximum absolute atomic E-state index is 12.1. The van der Waals surface area contributed by atoms with Gasteiger partial charge in [-0.2, -0.15) is 0 Å². The highest BCUT2D eigenvalue weighted by molar-refractivity contribution is 7.99. The molecule has 5 heteroatoms. The van der Waals surface area contributed by atoms with Gasteiger partial charge in [-0.15, -0.1) is 11.8 Å². The summed E-state index contributed by atoms with van der Waals surface area (Å²) in [6.07, 6.45) is 0.456. The number of aryl methyl sites for hydroxylation is 1. The predicted molar refractivity (Wildman–Crippen MR) is 83.4 cm³/mol. The van der Waals surface area contributed by atoms with Crippen LogP contribution in [0.4, 0.5) is 0 Å². The Bertz CT molecular complexity index is 515. The van der Waals surface area contributed by atoms with Crippen molar-refractivity contribution in [2.45, 2.75) is 25.2 Å². The maximum atomic E-state index is 12.1. The molecule has 4 nitrogen and oxygen atoms in total. The molecule has 1 N–H and O–H groups in total. The van der Waals surface area contributed by atoms with Gasteiger partial charge in [-0.1, -0.05) is 24.6 Å². The zero-order chi connectivity index (χ0) is 15.4. The minimum atomic E-state index is -0.799. The Morgan fingerprint density at radius 3 is 2.52 bits per heavy atom. The van der Waals surface area contributed by atoms with E-state index in [1.165, 1.54) is 5.56 Å². The second-order valence-corrected chi connectivity index (χ2v) is 6.80. The molecule has 0 spiro atoms. The molecule has 0 saturated carbocycles. The van der Waals surface area contributed by atoms with E-state index in [9.17, 15) is 9.59 Å². The van der Waals surface area contributed by atoms with Crippen LogP contribution < -0.4 is 0 Å². The van der Waals surface area contributed by atoms with Gasteiger partial charge in [0.2, 0.25) is 5.91 Å². The van der Waals surface area contributed by atoms with Gasteiger partial charge in [0.15, 0.2) is 0 Å². The van der Waals surface area contributed by atoms with Crippen molar-refractivity contribution < 1.29 is 14.7 Å². The van der Waals surface area contributed by atoms with Crippen LogP contribution in [0.25, 0.3) is 0 Å². The molecule has 2 rings (SSSR count). The van der Waals surface area contributed by atoms with E-state index in [0.29, 0.717) is 19.5 Å². The van der Waals surface area contributed by atoms with Crippen molar-refractivity contribution in [2.75, 3.05) is 18.8 Å². The van der Waals surface area contributed by atoms with Crippen LogP contribution in [0.2, 0.25) is 0 Å². The van der Waals surface area contributed by atoms with Gasteiger partial charge in [-0.25, -0.2) is 0 Å². The summed E-state index contributed by atoms with van der Waals surface area (Å²) >= 11 is 1.66. The first kappa shape index (κ1) is 15.9. The van der Waals surface area contributed by atoms with E-state index in [1.54, 1.807) is 16.7 Å². The van der Waals surface area contributed by atoms with E-state index in [0.717, 1.165) is 10.6 Å². The Balaban J connectivity index is 1.77. The quantitative estimate of drug-likeness (QED) is 0.850. The summed E-state index contributed by atoms with van der Waals surface area (Å²) in [4.78, 5) is 26.0. The number of carboxylic acids is 1. The molecule has 0 aromatic heterocycles. The maximum Gasteiger partial charge on any atom is 0.308 e. The number of carbonyl (C=O) groups is 2. The summed E-state index contributed by atoms with van der Waals surface area (Å²) in [5.74, 6) is -0.392. The number of hydrogen-bond donors (Lipinski definition) is 1. The lowest BCUT2D eigenvalue weighted by atomic mass is 9.99. The zero-order valence-corrected chi connectivity index (χ0v) is 13.2. The van der Waals surface area contributed by atoms with Crippen LogP contribution >= 0.6 is 11.8 Å². The predicted octanol–water partition coefficient (Wildman–Crippen LogP) is 2.66. The molecule has 114 valence electrons. The molecule has 1 aromatic rings. The SMILES string of the molecule is Cc1ccc(SCCC(=O)N2CC(C)C(C(=O)O)C2)cc1. The number of nitrogens with zero attached hydrogens (tertiary/aromatic N) is 1. The summed E-state index contributed by atoms with van der Waals surface area (Å²) in [7, 11) is 0. The topological polar surface area (TPSA) is 57.6 Å². The van der Waals surface area contributed by atoms with Crippen molar-refractivity contribution in [1.29, 1.82) is 0 Å². The number of hydrogen-bond acceptors (Lipinski definition) is 3. The van der Waals surface area contributed by atoms with Crippen LogP contribution in [0.3, 0.4) is 0 Å². The molecule has 1 fully saturated rings. The number of thioether (sulfide) groups is 1. The zero-order valence-electron chi connectivity index (χ0n) is 12.4. The van der Waals surface area contributed by atoms with Gasteiger partial charge in [-0.3, -0.25) is 9.59 Å². The van der Waals surface area contributed by atoms with Crippen molar-refractivity contribution in [1.82, 2.24) is 4.90 Å². The summed E-state index contributed by atoms with van der Waals surface area (Å²) in [5.41, 5.74) is 1.22. The highest BCUT2D eigenvalue weighted by atomic mass is 32.2. The summed E-state index contributed by atoms with van der Waals surface area (Å²) in [5, 5.41) is 9.09. The number of amides is 1. The van der Waals surface area contributed by atoms with Crippen molar-refractivity contribution in [3.63, 3.8) is 0 Å². The van der Waals surface area contributed by atoms with Gasteiger partial charge in [0.25, 0.3) is 0 Å². The summed E-state index contributed by atoms with van der Waals surface area (Å²) in [6, 6.07) is 8.24. The van der Waals surface area contributed by atoms with Gasteiger partial charge in [-0.05, 0) is 25.0 Å². The Labute approximate surface area is 129 Å². The smallest absolute Gasteiger partial charge is 0.308 e. The van der Waals surface area contributed by atoms with Crippen molar-refractivity contribution in [2.24, 2.45) is 11.8 Å². The average molecular weight is 307 g/mol. The van der Waals surface area contributed by atoms with E-state index in [2.05, 4.69) is 24.3 Å². The van der Waals surface area contributed by atoms with Crippen LogP contribution in [0.1, 0.15) is 18.9 Å². The number of benzene rings is 1. The van der Waals surface area contributed by atoms with Gasteiger partial charge in [0.1, 0.15) is 0 Å². The number of rotatable bonds is 5. The van der Waals surface area contributed by atoms with Crippen LogP contribution in [-0.2, 0) is 9.59 Å². The van der Waals surface area contributed by atoms with E-state index in [1.807, 2.05) is 13.8 Å². The Morgan fingerprint density at radius 2 is 1.95 bits per heavy atom. The number of likely N-dealkylation sites (tertiary alicyclic amines) is 1. The molecule has 1 heterocycles. The van der Waals surface area contributed by atoms with E-state index >= 15 is 0 Å². The van der Waals surface area contributed by atoms with E-state index in [-0.39, 0.29) is 11.8 Å². The molecular weight excluding hydrogens is 286 g/mol. The van der Waals surface area contributed by atoms with Gasteiger partial charge < -0.3 is 10.0 Å². The minimum Gasteiger partial charge on any atom is -0.481 e. The third-order valence-corrected chi connectivity index (χ3v) is 4.90. The monoisotopic (exact) mass is 307 g/mol. The third kappa shape index (κ3) is 4.24. The first-order chi connectivity index (χ1) is 9.97. The standard InChI is InChI=1S/C16H21NO3S/c1-11-3-5-13(6-4-11)21-8-7-15(18)17-9-12(2)14(10-17)16(19)20/h3-6,12,14H,7-10H2,1-2H3,(H,19,20). The van der Waals surface area contributed by atoms with E-state index in [4.69, 9.17) is 5.11 Å². The highest BCUT2D eigenvalue weighted by Gasteiger charge is 2.36. The lowest BCUT2D eigenvalue weighted by Gasteiger charge is -2.15. The second-order valence-electron chi connectivity index (χ2n) is 5.63. The number of carbonyl (C=O) groups excluding carboxylic acids is 1. The van der Waals surface area contributed by atoms with Crippen molar-refractivity contribution in [3.8, 4) is 0 Å². The molecule has 1 aromatic carbocycles. The van der Waals surface area contributed by atoms with Crippen LogP contribution in [-0.4, -0.2) is 40.7 Å². The number of aliphatic carboxylic acids is 1. The molecule has 1 aliphatic rings. The Morgan fingerprint density at radius 1 is 1.29 bits per heavy atom. The van der Waals surface area contributed by atoms with Crippen LogP contribution in [0, 0.1) is 18.8 Å². The third-order valence-electron chi connectivity index (χ3n) is 3.89. The molecule has 2 atom stereocenters. The van der Waals surface area contributed by atoms with Gasteiger partial charge in [0, 0.05) is 30.2 Å². The first-order valence-electron chi connectivity index (χ1n) is 7.17. The molecule has 1 amide bonds. The van der Waals surface area contributed by atoms with Crippen LogP contribution in [0.5, 0.6) is 0 Å². The molecule has 1 aliphatic heterocycles.